The Morgan fingerprint density at radius 1 is 1.37 bits per heavy atom. The molecule has 0 aromatic heterocycles. The number of ether oxygens (including phenoxy) is 1. The van der Waals surface area contributed by atoms with Crippen LogP contribution in [-0.4, -0.2) is 31.6 Å². The Morgan fingerprint density at radius 2 is 2.11 bits per heavy atom. The van der Waals surface area contributed by atoms with E-state index in [0.717, 1.165) is 0 Å². The molecule has 0 unspecified atom stereocenters. The molecule has 1 aromatic carbocycles. The van der Waals surface area contributed by atoms with Gasteiger partial charge in [-0.2, -0.15) is 13.2 Å². The molecular weight excluding hydrogens is 263 g/mol. The van der Waals surface area contributed by atoms with Crippen molar-refractivity contribution in [2.75, 3.05) is 18.5 Å². The van der Waals surface area contributed by atoms with E-state index in [1.807, 2.05) is 0 Å². The molecule has 19 heavy (non-hydrogen) atoms. The number of halogens is 3. The maximum atomic E-state index is 11.8. The summed E-state index contributed by atoms with van der Waals surface area (Å²) in [5.74, 6) is -0.481. The highest BCUT2D eigenvalue weighted by Gasteiger charge is 2.27. The van der Waals surface area contributed by atoms with Crippen LogP contribution in [0.15, 0.2) is 24.3 Å². The molecule has 0 saturated carbocycles. The number of aldehydes is 1. The van der Waals surface area contributed by atoms with Gasteiger partial charge in [-0.3, -0.25) is 9.59 Å². The van der Waals surface area contributed by atoms with Crippen LogP contribution in [0.25, 0.3) is 0 Å². The van der Waals surface area contributed by atoms with Gasteiger partial charge in [0, 0.05) is 11.3 Å². The first-order chi connectivity index (χ1) is 8.90. The molecule has 0 bridgehead atoms. The molecule has 1 aromatic rings. The number of benzene rings is 1. The van der Waals surface area contributed by atoms with Gasteiger partial charge in [-0.1, -0.05) is 12.1 Å². The van der Waals surface area contributed by atoms with Crippen molar-refractivity contribution in [1.82, 2.24) is 0 Å². The molecule has 1 amide bonds. The Hall–Kier alpha value is -1.89. The third kappa shape index (κ3) is 6.56. The molecule has 1 N–H and O–H groups in total. The quantitative estimate of drug-likeness (QED) is 0.640. The fraction of sp³-hybridized carbons (Fsp3) is 0.333. The Morgan fingerprint density at radius 3 is 2.74 bits per heavy atom. The fourth-order valence-corrected chi connectivity index (χ4v) is 1.27. The van der Waals surface area contributed by atoms with Gasteiger partial charge in [-0.15, -0.1) is 0 Å². The summed E-state index contributed by atoms with van der Waals surface area (Å²) in [6.07, 6.45) is -3.96. The molecule has 0 radical (unpaired) electrons. The van der Waals surface area contributed by atoms with Crippen LogP contribution in [0.4, 0.5) is 18.9 Å². The van der Waals surface area contributed by atoms with Crippen LogP contribution < -0.4 is 5.32 Å². The van der Waals surface area contributed by atoms with Gasteiger partial charge in [-0.05, 0) is 12.1 Å². The first-order valence-electron chi connectivity index (χ1n) is 5.40. The normalized spacial score (nSPS) is 11.1. The highest BCUT2D eigenvalue weighted by molar-refractivity contribution is 5.91. The van der Waals surface area contributed by atoms with Crippen molar-refractivity contribution in [3.05, 3.63) is 29.8 Å². The van der Waals surface area contributed by atoms with E-state index in [2.05, 4.69) is 10.1 Å². The Labute approximate surface area is 107 Å². The topological polar surface area (TPSA) is 55.4 Å². The maximum absolute atomic E-state index is 11.8. The summed E-state index contributed by atoms with van der Waals surface area (Å²) in [7, 11) is 0. The van der Waals surface area contributed by atoms with Crippen molar-refractivity contribution >= 4 is 17.9 Å². The van der Waals surface area contributed by atoms with Crippen molar-refractivity contribution in [2.24, 2.45) is 0 Å². The standard InChI is InChI=1S/C12H12F3NO3/c13-12(14,15)8-19-5-4-11(18)16-10-3-1-2-9(6-10)7-17/h1-3,6-7H,4-5,8H2,(H,16,18). The predicted octanol–water partition coefficient (Wildman–Crippen LogP) is 2.41. The maximum Gasteiger partial charge on any atom is 0.411 e. The number of nitrogens with one attached hydrogen (secondary N) is 1. The molecule has 0 fully saturated rings. The fourth-order valence-electron chi connectivity index (χ4n) is 1.27. The Balaban J connectivity index is 2.33. The van der Waals surface area contributed by atoms with Crippen LogP contribution in [-0.2, 0) is 9.53 Å². The average molecular weight is 275 g/mol. The van der Waals surface area contributed by atoms with Gasteiger partial charge in [0.25, 0.3) is 0 Å². The zero-order valence-electron chi connectivity index (χ0n) is 9.87. The van der Waals surface area contributed by atoms with E-state index in [4.69, 9.17) is 0 Å². The van der Waals surface area contributed by atoms with Crippen molar-refractivity contribution in [3.63, 3.8) is 0 Å². The molecule has 0 spiro atoms. The van der Waals surface area contributed by atoms with Gasteiger partial charge in [0.1, 0.15) is 12.9 Å². The molecule has 0 aliphatic rings. The van der Waals surface area contributed by atoms with Crippen molar-refractivity contribution < 1.29 is 27.5 Å². The Bertz CT molecular complexity index is 446. The van der Waals surface area contributed by atoms with Gasteiger partial charge in [-0.25, -0.2) is 0 Å². The SMILES string of the molecule is O=Cc1cccc(NC(=O)CCOCC(F)(F)F)c1. The molecule has 0 aliphatic carbocycles. The third-order valence-electron chi connectivity index (χ3n) is 2.05. The second kappa shape index (κ2) is 6.89. The van der Waals surface area contributed by atoms with Gasteiger partial charge in [0.2, 0.25) is 5.91 Å². The molecule has 0 saturated heterocycles. The van der Waals surface area contributed by atoms with E-state index in [9.17, 15) is 22.8 Å². The number of hydrogen-bond acceptors (Lipinski definition) is 3. The van der Waals surface area contributed by atoms with Crippen molar-refractivity contribution in [1.29, 1.82) is 0 Å². The number of anilines is 1. The number of alkyl halides is 3. The molecule has 104 valence electrons. The molecular formula is C12H12F3NO3. The Kier molecular flexibility index (Phi) is 5.50. The number of hydrogen-bond donors (Lipinski definition) is 1. The second-order valence-electron chi connectivity index (χ2n) is 3.71. The summed E-state index contributed by atoms with van der Waals surface area (Å²) in [4.78, 5) is 21.9. The molecule has 7 heteroatoms. The monoisotopic (exact) mass is 275 g/mol. The zero-order valence-corrected chi connectivity index (χ0v) is 9.87. The lowest BCUT2D eigenvalue weighted by Gasteiger charge is -2.08. The molecule has 0 atom stereocenters. The van der Waals surface area contributed by atoms with E-state index in [0.29, 0.717) is 17.5 Å². The number of amides is 1. The number of rotatable bonds is 6. The minimum atomic E-state index is -4.39. The summed E-state index contributed by atoms with van der Waals surface area (Å²) in [5, 5.41) is 2.46. The molecule has 0 heterocycles. The molecule has 1 rings (SSSR count). The summed E-state index contributed by atoms with van der Waals surface area (Å²) >= 11 is 0. The number of carbonyl (C=O) groups excluding carboxylic acids is 2. The van der Waals surface area contributed by atoms with Crippen LogP contribution >= 0.6 is 0 Å². The lowest BCUT2D eigenvalue weighted by Crippen LogP contribution is -2.20. The first-order valence-corrected chi connectivity index (χ1v) is 5.40. The van der Waals surface area contributed by atoms with Gasteiger partial charge in [0.15, 0.2) is 0 Å². The molecule has 4 nitrogen and oxygen atoms in total. The van der Waals surface area contributed by atoms with Gasteiger partial charge in [0.05, 0.1) is 13.0 Å². The van der Waals surface area contributed by atoms with Crippen LogP contribution in [0.5, 0.6) is 0 Å². The van der Waals surface area contributed by atoms with Crippen LogP contribution in [0.3, 0.4) is 0 Å². The largest absolute Gasteiger partial charge is 0.411 e. The third-order valence-corrected chi connectivity index (χ3v) is 2.05. The highest BCUT2D eigenvalue weighted by Crippen LogP contribution is 2.14. The lowest BCUT2D eigenvalue weighted by molar-refractivity contribution is -0.174. The summed E-state index contributed by atoms with van der Waals surface area (Å²) in [5.41, 5.74) is 0.802. The lowest BCUT2D eigenvalue weighted by atomic mass is 10.2. The summed E-state index contributed by atoms with van der Waals surface area (Å²) < 4.78 is 39.6. The van der Waals surface area contributed by atoms with E-state index in [1.54, 1.807) is 18.2 Å². The zero-order chi connectivity index (χ0) is 14.3. The van der Waals surface area contributed by atoms with Crippen molar-refractivity contribution in [2.45, 2.75) is 12.6 Å². The minimum Gasteiger partial charge on any atom is -0.372 e. The van der Waals surface area contributed by atoms with E-state index in [-0.39, 0.29) is 13.0 Å². The summed E-state index contributed by atoms with van der Waals surface area (Å²) in [6, 6.07) is 6.18. The van der Waals surface area contributed by atoms with Gasteiger partial charge < -0.3 is 10.1 Å². The van der Waals surface area contributed by atoms with Crippen LogP contribution in [0.1, 0.15) is 16.8 Å². The summed E-state index contributed by atoms with van der Waals surface area (Å²) in [6.45, 7) is -1.69. The molecule has 0 aliphatic heterocycles. The van der Waals surface area contributed by atoms with Crippen LogP contribution in [0, 0.1) is 0 Å². The van der Waals surface area contributed by atoms with E-state index in [1.165, 1.54) is 6.07 Å². The smallest absolute Gasteiger partial charge is 0.372 e. The van der Waals surface area contributed by atoms with Crippen LogP contribution in [0.2, 0.25) is 0 Å². The van der Waals surface area contributed by atoms with E-state index >= 15 is 0 Å². The average Bonchev–Trinajstić information content (AvgIpc) is 2.34. The number of carbonyl (C=O) groups is 2. The second-order valence-corrected chi connectivity index (χ2v) is 3.71. The minimum absolute atomic E-state index is 0.193. The van der Waals surface area contributed by atoms with Crippen molar-refractivity contribution in [3.8, 4) is 0 Å². The van der Waals surface area contributed by atoms with Gasteiger partial charge >= 0.3 is 6.18 Å². The van der Waals surface area contributed by atoms with E-state index < -0.39 is 18.7 Å². The highest BCUT2D eigenvalue weighted by atomic mass is 19.4. The first kappa shape index (κ1) is 15.2. The predicted molar refractivity (Wildman–Crippen MR) is 62.0 cm³/mol.